The van der Waals surface area contributed by atoms with Gasteiger partial charge in [0.2, 0.25) is 11.9 Å². The third-order valence-corrected chi connectivity index (χ3v) is 4.14. The summed E-state index contributed by atoms with van der Waals surface area (Å²) < 4.78 is 39.4. The molecule has 0 spiro atoms. The van der Waals surface area contributed by atoms with Gasteiger partial charge in [0, 0.05) is 17.9 Å². The second-order valence-electron chi connectivity index (χ2n) is 6.02. The van der Waals surface area contributed by atoms with E-state index < -0.39 is 16.8 Å². The highest BCUT2D eigenvalue weighted by atomic mass is 19.1. The summed E-state index contributed by atoms with van der Waals surface area (Å²) >= 11 is 0. The van der Waals surface area contributed by atoms with E-state index in [1.54, 1.807) is 10.6 Å². The number of aryl methyl sites for hydroxylation is 1. The predicted octanol–water partition coefficient (Wildman–Crippen LogP) is 2.76. The van der Waals surface area contributed by atoms with Gasteiger partial charge in [-0.2, -0.15) is 13.8 Å². The predicted molar refractivity (Wildman–Crippen MR) is 90.8 cm³/mol. The minimum Gasteiger partial charge on any atom is -0.488 e. The second-order valence-corrected chi connectivity index (χ2v) is 6.02. The molecule has 28 heavy (non-hydrogen) atoms. The van der Waals surface area contributed by atoms with Crippen molar-refractivity contribution in [1.82, 2.24) is 19.5 Å². The topological polar surface area (TPSA) is 105 Å². The maximum Gasteiger partial charge on any atom is 0.414 e. The van der Waals surface area contributed by atoms with Gasteiger partial charge < -0.3 is 19.6 Å². The molecule has 3 aromatic rings. The highest BCUT2D eigenvalue weighted by Crippen LogP contribution is 2.25. The first-order chi connectivity index (χ1) is 13.5. The Morgan fingerprint density at radius 1 is 1.29 bits per heavy atom. The molecule has 4 heterocycles. The lowest BCUT2D eigenvalue weighted by atomic mass is 10.2. The number of rotatable bonds is 5. The number of halogens is 2. The highest BCUT2D eigenvalue weighted by molar-refractivity contribution is 5.58. The Kier molecular flexibility index (Phi) is 4.55. The van der Waals surface area contributed by atoms with Crippen LogP contribution in [0.25, 0.3) is 11.3 Å². The van der Waals surface area contributed by atoms with Crippen molar-refractivity contribution in [1.29, 1.82) is 0 Å². The van der Waals surface area contributed by atoms with Gasteiger partial charge in [0.25, 0.3) is 0 Å². The fraction of sp³-hybridized carbons (Fsp3) is 0.235. The van der Waals surface area contributed by atoms with Crippen LogP contribution in [0.1, 0.15) is 6.42 Å². The van der Waals surface area contributed by atoms with Gasteiger partial charge in [-0.3, -0.25) is 9.55 Å². The van der Waals surface area contributed by atoms with Crippen molar-refractivity contribution in [3.63, 3.8) is 0 Å². The van der Waals surface area contributed by atoms with Gasteiger partial charge >= 0.3 is 11.8 Å². The summed E-state index contributed by atoms with van der Waals surface area (Å²) in [6.07, 6.45) is 3.01. The van der Waals surface area contributed by atoms with Crippen LogP contribution in [0.3, 0.4) is 0 Å². The fourth-order valence-electron chi connectivity index (χ4n) is 2.75. The Morgan fingerprint density at radius 3 is 2.86 bits per heavy atom. The summed E-state index contributed by atoms with van der Waals surface area (Å²) in [5, 5.41) is 10.8. The number of fused-ring (bicyclic) bond motifs is 1. The molecule has 3 aromatic heterocycles. The van der Waals surface area contributed by atoms with Crippen molar-refractivity contribution < 1.29 is 23.2 Å². The highest BCUT2D eigenvalue weighted by Gasteiger charge is 2.28. The third-order valence-electron chi connectivity index (χ3n) is 4.14. The van der Waals surface area contributed by atoms with Crippen LogP contribution < -0.4 is 9.47 Å². The van der Waals surface area contributed by atoms with Crippen LogP contribution in [0, 0.1) is 22.0 Å². The number of nitro groups is 1. The molecular formula is C17H13F2N5O4. The number of pyridine rings is 2. The molecule has 0 fully saturated rings. The molecule has 9 nitrogen and oxygen atoms in total. The quantitative estimate of drug-likeness (QED) is 0.375. The molecule has 4 rings (SSSR count). The van der Waals surface area contributed by atoms with Crippen LogP contribution in [0.2, 0.25) is 0 Å². The molecule has 0 radical (unpaired) electrons. The van der Waals surface area contributed by atoms with Gasteiger partial charge in [-0.05, 0) is 29.2 Å². The zero-order chi connectivity index (χ0) is 19.7. The van der Waals surface area contributed by atoms with Gasteiger partial charge in [-0.25, -0.2) is 0 Å². The minimum absolute atomic E-state index is 0.0806. The van der Waals surface area contributed by atoms with Crippen LogP contribution in [-0.2, 0) is 6.54 Å². The average molecular weight is 389 g/mol. The largest absolute Gasteiger partial charge is 0.488 e. The number of ether oxygens (including phenoxy) is 2. The molecule has 0 amide bonds. The molecular weight excluding hydrogens is 376 g/mol. The summed E-state index contributed by atoms with van der Waals surface area (Å²) in [5.74, 6) is -1.68. The summed E-state index contributed by atoms with van der Waals surface area (Å²) in [4.78, 5) is 21.3. The first-order valence-electron chi connectivity index (χ1n) is 8.29. The van der Waals surface area contributed by atoms with Crippen LogP contribution in [0.15, 0.2) is 36.7 Å². The van der Waals surface area contributed by atoms with E-state index in [2.05, 4.69) is 15.0 Å². The van der Waals surface area contributed by atoms with Gasteiger partial charge in [-0.1, -0.05) is 0 Å². The van der Waals surface area contributed by atoms with Crippen molar-refractivity contribution in [2.45, 2.75) is 19.1 Å². The lowest BCUT2D eigenvalue weighted by Crippen LogP contribution is -2.31. The Bertz CT molecular complexity index is 1020. The van der Waals surface area contributed by atoms with Crippen LogP contribution in [0.4, 0.5) is 14.6 Å². The number of aromatic nitrogens is 4. The van der Waals surface area contributed by atoms with E-state index in [1.807, 2.05) is 0 Å². The Balaban J connectivity index is 1.38. The van der Waals surface area contributed by atoms with Gasteiger partial charge in [-0.15, -0.1) is 0 Å². The van der Waals surface area contributed by atoms with Crippen molar-refractivity contribution in [3.05, 3.63) is 58.7 Å². The zero-order valence-corrected chi connectivity index (χ0v) is 14.3. The summed E-state index contributed by atoms with van der Waals surface area (Å²) in [6.45, 7) is 0.715. The first-order valence-corrected chi connectivity index (χ1v) is 8.29. The summed E-state index contributed by atoms with van der Waals surface area (Å²) in [5.41, 5.74) is 0.373. The average Bonchev–Trinajstić information content (AvgIpc) is 3.11. The van der Waals surface area contributed by atoms with Gasteiger partial charge in [0.1, 0.15) is 24.7 Å². The van der Waals surface area contributed by atoms with E-state index in [-0.39, 0.29) is 30.1 Å². The second kappa shape index (κ2) is 7.18. The molecule has 11 heteroatoms. The van der Waals surface area contributed by atoms with Crippen molar-refractivity contribution in [2.24, 2.45) is 0 Å². The Morgan fingerprint density at radius 2 is 2.14 bits per heavy atom. The normalized spacial score (nSPS) is 15.6. The number of hydrogen-bond acceptors (Lipinski definition) is 7. The van der Waals surface area contributed by atoms with E-state index >= 15 is 0 Å². The maximum atomic E-state index is 13.7. The van der Waals surface area contributed by atoms with E-state index in [9.17, 15) is 18.9 Å². The molecule has 1 unspecified atom stereocenters. The fourth-order valence-corrected chi connectivity index (χ4v) is 2.75. The smallest absolute Gasteiger partial charge is 0.414 e. The minimum atomic E-state index is -0.943. The van der Waals surface area contributed by atoms with Gasteiger partial charge in [0.05, 0.1) is 17.5 Å². The standard InChI is InChI=1S/C17H13F2N5O4/c18-14-4-2-12(16(19)21-14)13-3-1-10(7-20-13)27-9-11-5-6-23-8-15(24(25)26)22-17(23)28-11/h1-4,7-8,11H,5-6,9H2. The molecule has 0 aliphatic carbocycles. The third kappa shape index (κ3) is 3.59. The summed E-state index contributed by atoms with van der Waals surface area (Å²) in [6, 6.07) is 5.63. The van der Waals surface area contributed by atoms with Crippen molar-refractivity contribution in [3.8, 4) is 23.0 Å². The molecule has 1 aliphatic rings. The van der Waals surface area contributed by atoms with E-state index in [0.717, 1.165) is 6.07 Å². The molecule has 0 N–H and O–H groups in total. The molecule has 1 aliphatic heterocycles. The van der Waals surface area contributed by atoms with Crippen molar-refractivity contribution >= 4 is 5.82 Å². The number of hydrogen-bond donors (Lipinski definition) is 0. The van der Waals surface area contributed by atoms with Crippen LogP contribution in [-0.4, -0.2) is 37.2 Å². The number of imidazole rings is 1. The maximum absolute atomic E-state index is 13.7. The van der Waals surface area contributed by atoms with E-state index in [0.29, 0.717) is 24.4 Å². The molecule has 0 aromatic carbocycles. The molecule has 144 valence electrons. The lowest BCUT2D eigenvalue weighted by Gasteiger charge is -2.22. The zero-order valence-electron chi connectivity index (χ0n) is 14.3. The SMILES string of the molecule is O=[N+]([O-])c1cn2c(n1)OC(COc1ccc(-c3ccc(F)nc3F)nc1)CC2. The number of nitrogens with zero attached hydrogens (tertiary/aromatic N) is 5. The molecule has 0 saturated carbocycles. The Hall–Kier alpha value is -3.63. The Labute approximate surface area is 156 Å². The monoisotopic (exact) mass is 389 g/mol. The molecule has 1 atom stereocenters. The van der Waals surface area contributed by atoms with Gasteiger partial charge in [0.15, 0.2) is 0 Å². The first kappa shape index (κ1) is 17.8. The van der Waals surface area contributed by atoms with E-state index in [4.69, 9.17) is 9.47 Å². The van der Waals surface area contributed by atoms with E-state index in [1.165, 1.54) is 24.5 Å². The lowest BCUT2D eigenvalue weighted by molar-refractivity contribution is -0.389. The van der Waals surface area contributed by atoms with Crippen LogP contribution in [0.5, 0.6) is 11.8 Å². The molecule has 0 bridgehead atoms. The van der Waals surface area contributed by atoms with Crippen molar-refractivity contribution in [2.75, 3.05) is 6.61 Å². The summed E-state index contributed by atoms with van der Waals surface area (Å²) in [7, 11) is 0. The van der Waals surface area contributed by atoms with Crippen LogP contribution >= 0.6 is 0 Å². The molecule has 0 saturated heterocycles.